The summed E-state index contributed by atoms with van der Waals surface area (Å²) >= 11 is 1.31. The van der Waals surface area contributed by atoms with E-state index >= 15 is 0 Å². The van der Waals surface area contributed by atoms with Gasteiger partial charge in [-0.15, -0.1) is 11.3 Å². The topological polar surface area (TPSA) is 96.0 Å². The maximum absolute atomic E-state index is 13.5. The Balaban J connectivity index is 1.44. The number of amides is 1. The van der Waals surface area contributed by atoms with Gasteiger partial charge in [-0.1, -0.05) is 36.4 Å². The Morgan fingerprint density at radius 3 is 2.41 bits per heavy atom. The van der Waals surface area contributed by atoms with Gasteiger partial charge in [0.1, 0.15) is 16.4 Å². The van der Waals surface area contributed by atoms with E-state index in [2.05, 4.69) is 5.32 Å². The van der Waals surface area contributed by atoms with Gasteiger partial charge in [0.2, 0.25) is 15.9 Å². The summed E-state index contributed by atoms with van der Waals surface area (Å²) in [6, 6.07) is 14.4. The average Bonchev–Trinajstić information content (AvgIpc) is 3.20. The average molecular weight is 546 g/mol. The molecule has 1 aromatic heterocycles. The zero-order valence-corrected chi connectivity index (χ0v) is 22.2. The summed E-state index contributed by atoms with van der Waals surface area (Å²) in [6.07, 6.45) is 0. The van der Waals surface area contributed by atoms with Crippen LogP contribution in [0.1, 0.15) is 22.2 Å². The molecule has 0 aliphatic carbocycles. The van der Waals surface area contributed by atoms with Crippen molar-refractivity contribution >= 4 is 38.2 Å². The van der Waals surface area contributed by atoms with Crippen molar-refractivity contribution in [3.05, 3.63) is 70.9 Å². The normalized spacial score (nSPS) is 14.9. The number of carbonyl (C=O) groups excluding carboxylic acids is 2. The highest BCUT2D eigenvalue weighted by Crippen LogP contribution is 2.40. The molecule has 2 heterocycles. The van der Waals surface area contributed by atoms with E-state index < -0.39 is 21.8 Å². The lowest BCUT2D eigenvalue weighted by Crippen LogP contribution is -2.50. The van der Waals surface area contributed by atoms with Crippen molar-refractivity contribution in [3.8, 4) is 11.1 Å². The first kappa shape index (κ1) is 26.9. The van der Waals surface area contributed by atoms with E-state index in [0.717, 1.165) is 22.1 Å². The summed E-state index contributed by atoms with van der Waals surface area (Å²) in [7, 11) is -3.82. The quantitative estimate of drug-likeness (QED) is 0.430. The Bertz CT molecular complexity index is 1380. The molecule has 196 valence electrons. The fraction of sp³-hybridized carbons (Fsp3) is 0.308. The van der Waals surface area contributed by atoms with Gasteiger partial charge in [0.05, 0.1) is 18.0 Å². The lowest BCUT2D eigenvalue weighted by atomic mass is 10.0. The fourth-order valence-corrected chi connectivity index (χ4v) is 6.79. The molecule has 1 aliphatic rings. The van der Waals surface area contributed by atoms with Crippen molar-refractivity contribution in [2.24, 2.45) is 0 Å². The molecule has 11 heteroatoms. The molecule has 3 aromatic rings. The number of rotatable bonds is 8. The van der Waals surface area contributed by atoms with Crippen LogP contribution in [-0.2, 0) is 19.6 Å². The predicted octanol–water partition coefficient (Wildman–Crippen LogP) is 3.98. The number of carbonyl (C=O) groups is 2. The molecule has 1 aliphatic heterocycles. The van der Waals surface area contributed by atoms with Crippen LogP contribution in [0.2, 0.25) is 0 Å². The monoisotopic (exact) mass is 545 g/mol. The van der Waals surface area contributed by atoms with Crippen LogP contribution in [0.15, 0.2) is 59.5 Å². The largest absolute Gasteiger partial charge is 0.462 e. The number of thiophene rings is 1. The Kier molecular flexibility index (Phi) is 8.38. The highest BCUT2D eigenvalue weighted by atomic mass is 32.2. The number of hydrogen-bond donors (Lipinski definition) is 1. The van der Waals surface area contributed by atoms with Crippen molar-refractivity contribution < 1.29 is 27.1 Å². The van der Waals surface area contributed by atoms with Crippen LogP contribution in [0, 0.1) is 12.7 Å². The number of sulfonamides is 1. The standard InChI is InChI=1S/C26H28FN3O5S2/c1-3-35-26(32)24-23(19-8-5-4-6-9-19)18(2)36-25(24)28-22(31)17-29-12-14-30(15-13-29)37(33,34)21-11-7-10-20(27)16-21/h4-11,16H,3,12-15,17H2,1-2H3,(H,28,31). The van der Waals surface area contributed by atoms with Crippen molar-refractivity contribution in [1.82, 2.24) is 9.21 Å². The second-order valence-electron chi connectivity index (χ2n) is 8.51. The van der Waals surface area contributed by atoms with Gasteiger partial charge in [0, 0.05) is 36.6 Å². The lowest BCUT2D eigenvalue weighted by Gasteiger charge is -2.33. The van der Waals surface area contributed by atoms with Crippen LogP contribution >= 0.6 is 11.3 Å². The van der Waals surface area contributed by atoms with Crippen molar-refractivity contribution in [1.29, 1.82) is 0 Å². The molecule has 0 saturated carbocycles. The van der Waals surface area contributed by atoms with Gasteiger partial charge in [-0.25, -0.2) is 17.6 Å². The molecule has 0 atom stereocenters. The SMILES string of the molecule is CCOC(=O)c1c(NC(=O)CN2CCN(S(=O)(=O)c3cccc(F)c3)CC2)sc(C)c1-c1ccccc1. The Morgan fingerprint density at radius 2 is 1.76 bits per heavy atom. The minimum absolute atomic E-state index is 0.0355. The second kappa shape index (κ2) is 11.5. The number of hydrogen-bond acceptors (Lipinski definition) is 7. The highest BCUT2D eigenvalue weighted by Gasteiger charge is 2.30. The first-order valence-electron chi connectivity index (χ1n) is 11.8. The number of esters is 1. The number of halogens is 1. The molecule has 8 nitrogen and oxygen atoms in total. The van der Waals surface area contributed by atoms with Crippen LogP contribution in [0.4, 0.5) is 9.39 Å². The van der Waals surface area contributed by atoms with Gasteiger partial charge in [-0.2, -0.15) is 4.31 Å². The van der Waals surface area contributed by atoms with Gasteiger partial charge >= 0.3 is 5.97 Å². The van der Waals surface area contributed by atoms with Crippen LogP contribution in [0.5, 0.6) is 0 Å². The Labute approximate surface area is 219 Å². The number of anilines is 1. The molecular formula is C26H28FN3O5S2. The molecule has 1 N–H and O–H groups in total. The van der Waals surface area contributed by atoms with Gasteiger partial charge in [0.25, 0.3) is 0 Å². The number of ether oxygens (including phenoxy) is 1. The molecule has 0 spiro atoms. The summed E-state index contributed by atoms with van der Waals surface area (Å²) in [5.74, 6) is -1.43. The molecule has 1 amide bonds. The zero-order valence-electron chi connectivity index (χ0n) is 20.6. The second-order valence-corrected chi connectivity index (χ2v) is 11.7. The van der Waals surface area contributed by atoms with Crippen molar-refractivity contribution in [3.63, 3.8) is 0 Å². The zero-order chi connectivity index (χ0) is 26.6. The third-order valence-corrected chi connectivity index (χ3v) is 8.93. The summed E-state index contributed by atoms with van der Waals surface area (Å²) in [4.78, 5) is 28.4. The summed E-state index contributed by atoms with van der Waals surface area (Å²) in [5.41, 5.74) is 1.92. The summed E-state index contributed by atoms with van der Waals surface area (Å²) < 4.78 is 45.8. The lowest BCUT2D eigenvalue weighted by molar-refractivity contribution is -0.117. The van der Waals surface area contributed by atoms with Crippen LogP contribution in [0.25, 0.3) is 11.1 Å². The number of nitrogens with zero attached hydrogens (tertiary/aromatic N) is 2. The van der Waals surface area contributed by atoms with Crippen LogP contribution < -0.4 is 5.32 Å². The smallest absolute Gasteiger partial charge is 0.341 e. The van der Waals surface area contributed by atoms with Gasteiger partial charge in [-0.05, 0) is 37.6 Å². The minimum Gasteiger partial charge on any atom is -0.462 e. The molecule has 2 aromatic carbocycles. The highest BCUT2D eigenvalue weighted by molar-refractivity contribution is 7.89. The Morgan fingerprint density at radius 1 is 1.05 bits per heavy atom. The van der Waals surface area contributed by atoms with Crippen LogP contribution in [0.3, 0.4) is 0 Å². The van der Waals surface area contributed by atoms with E-state index in [9.17, 15) is 22.4 Å². The number of piperazine rings is 1. The van der Waals surface area contributed by atoms with Crippen LogP contribution in [-0.4, -0.2) is 68.8 Å². The summed E-state index contributed by atoms with van der Waals surface area (Å²) in [5, 5.41) is 3.29. The molecule has 0 bridgehead atoms. The molecule has 0 unspecified atom stereocenters. The Hall–Kier alpha value is -3.12. The predicted molar refractivity (Wildman–Crippen MR) is 141 cm³/mol. The van der Waals surface area contributed by atoms with Crippen molar-refractivity contribution in [2.75, 3.05) is 44.6 Å². The molecule has 37 heavy (non-hydrogen) atoms. The maximum Gasteiger partial charge on any atom is 0.341 e. The third-order valence-electron chi connectivity index (χ3n) is 6.01. The molecule has 1 fully saturated rings. The van der Waals surface area contributed by atoms with Gasteiger partial charge in [0.15, 0.2) is 0 Å². The van der Waals surface area contributed by atoms with Crippen molar-refractivity contribution in [2.45, 2.75) is 18.7 Å². The van der Waals surface area contributed by atoms with E-state index in [1.807, 2.05) is 42.2 Å². The first-order valence-corrected chi connectivity index (χ1v) is 14.1. The molecular weight excluding hydrogens is 517 g/mol. The molecule has 1 saturated heterocycles. The number of benzene rings is 2. The van der Waals surface area contributed by atoms with E-state index in [0.29, 0.717) is 23.7 Å². The third kappa shape index (κ3) is 6.07. The first-order chi connectivity index (χ1) is 17.7. The van der Waals surface area contributed by atoms with E-state index in [4.69, 9.17) is 4.74 Å². The van der Waals surface area contributed by atoms with E-state index in [1.54, 1.807) is 6.92 Å². The molecule has 0 radical (unpaired) electrons. The van der Waals surface area contributed by atoms with Gasteiger partial charge < -0.3 is 10.1 Å². The van der Waals surface area contributed by atoms with E-state index in [-0.39, 0.29) is 37.0 Å². The maximum atomic E-state index is 13.5. The van der Waals surface area contributed by atoms with Gasteiger partial charge in [-0.3, -0.25) is 9.69 Å². The minimum atomic E-state index is -3.82. The number of nitrogens with one attached hydrogen (secondary N) is 1. The van der Waals surface area contributed by atoms with E-state index in [1.165, 1.54) is 33.8 Å². The number of aryl methyl sites for hydroxylation is 1. The summed E-state index contributed by atoms with van der Waals surface area (Å²) in [6.45, 7) is 4.89. The fourth-order valence-electron chi connectivity index (χ4n) is 4.26. The molecule has 4 rings (SSSR count).